The van der Waals surface area contributed by atoms with Gasteiger partial charge in [-0.25, -0.2) is 0 Å². The van der Waals surface area contributed by atoms with Crippen LogP contribution in [0.1, 0.15) is 20.3 Å². The van der Waals surface area contributed by atoms with Crippen molar-refractivity contribution in [1.82, 2.24) is 5.32 Å². The molecule has 1 fully saturated rings. The zero-order valence-corrected chi connectivity index (χ0v) is 13.0. The summed E-state index contributed by atoms with van der Waals surface area (Å²) in [4.78, 5) is 14.2. The lowest BCUT2D eigenvalue weighted by Gasteiger charge is -2.22. The summed E-state index contributed by atoms with van der Waals surface area (Å²) in [5.41, 5.74) is 1.08. The van der Waals surface area contributed by atoms with Gasteiger partial charge in [-0.15, -0.1) is 0 Å². The van der Waals surface area contributed by atoms with Crippen LogP contribution in [-0.2, 0) is 9.53 Å². The van der Waals surface area contributed by atoms with Gasteiger partial charge in [0.25, 0.3) is 0 Å². The van der Waals surface area contributed by atoms with Crippen molar-refractivity contribution in [2.75, 3.05) is 31.7 Å². The third kappa shape index (κ3) is 3.88. The number of nitrogens with zero attached hydrogens (tertiary/aromatic N) is 1. The summed E-state index contributed by atoms with van der Waals surface area (Å²) in [6.07, 6.45) is 0.540. The summed E-state index contributed by atoms with van der Waals surface area (Å²) in [5.74, 6) is 0.830. The molecule has 0 radical (unpaired) electrons. The normalized spacial score (nSPS) is 19.4. The molecule has 1 aromatic carbocycles. The van der Waals surface area contributed by atoms with E-state index in [0.29, 0.717) is 6.61 Å². The highest BCUT2D eigenvalue weighted by atomic mass is 16.5. The molecule has 1 amide bonds. The average molecular weight is 292 g/mol. The molecule has 0 aliphatic carbocycles. The smallest absolute Gasteiger partial charge is 0.249 e. The van der Waals surface area contributed by atoms with E-state index in [9.17, 15) is 4.79 Å². The first-order chi connectivity index (χ1) is 10.2. The predicted octanol–water partition coefficient (Wildman–Crippen LogP) is 1.82. The number of amides is 1. The van der Waals surface area contributed by atoms with E-state index >= 15 is 0 Å². The summed E-state index contributed by atoms with van der Waals surface area (Å²) in [6, 6.07) is 8.12. The van der Waals surface area contributed by atoms with Crippen LogP contribution in [0.5, 0.6) is 5.75 Å². The number of ether oxygens (including phenoxy) is 2. The number of nitrogens with one attached hydrogen (secondary N) is 1. The van der Waals surface area contributed by atoms with E-state index < -0.39 is 6.10 Å². The van der Waals surface area contributed by atoms with Crippen molar-refractivity contribution >= 4 is 11.6 Å². The highest BCUT2D eigenvalue weighted by Gasteiger charge is 2.27. The van der Waals surface area contributed by atoms with E-state index in [2.05, 4.69) is 10.2 Å². The number of anilines is 1. The molecule has 0 bridgehead atoms. The predicted molar refractivity (Wildman–Crippen MR) is 82.8 cm³/mol. The van der Waals surface area contributed by atoms with E-state index in [1.807, 2.05) is 31.2 Å². The summed E-state index contributed by atoms with van der Waals surface area (Å²) >= 11 is 0. The third-order valence-electron chi connectivity index (χ3n) is 3.75. The zero-order valence-electron chi connectivity index (χ0n) is 13.0. The summed E-state index contributed by atoms with van der Waals surface area (Å²) < 4.78 is 10.7. The van der Waals surface area contributed by atoms with Crippen molar-refractivity contribution < 1.29 is 14.3 Å². The molecule has 1 N–H and O–H groups in total. The first-order valence-electron chi connectivity index (χ1n) is 7.45. The standard InChI is InChI=1S/C16H24N2O3/c1-4-21-12(2)16(19)17-13-9-10-18(11-13)14-7-5-6-8-15(14)20-3/h5-8,12-13H,4,9-11H2,1-3H3,(H,17,19). The minimum absolute atomic E-state index is 0.0382. The Morgan fingerprint density at radius 2 is 2.24 bits per heavy atom. The fourth-order valence-corrected chi connectivity index (χ4v) is 2.63. The lowest BCUT2D eigenvalue weighted by Crippen LogP contribution is -2.42. The van der Waals surface area contributed by atoms with E-state index in [-0.39, 0.29) is 11.9 Å². The maximum Gasteiger partial charge on any atom is 0.249 e. The van der Waals surface area contributed by atoms with Gasteiger partial charge < -0.3 is 19.7 Å². The molecular formula is C16H24N2O3. The molecule has 1 aliphatic rings. The maximum atomic E-state index is 12.0. The largest absolute Gasteiger partial charge is 0.495 e. The van der Waals surface area contributed by atoms with Crippen LogP contribution in [0.2, 0.25) is 0 Å². The van der Waals surface area contributed by atoms with Gasteiger partial charge in [0.2, 0.25) is 5.91 Å². The van der Waals surface area contributed by atoms with Gasteiger partial charge >= 0.3 is 0 Å². The van der Waals surface area contributed by atoms with Crippen LogP contribution in [0.15, 0.2) is 24.3 Å². The maximum absolute atomic E-state index is 12.0. The second-order valence-electron chi connectivity index (χ2n) is 5.21. The number of hydrogen-bond donors (Lipinski definition) is 1. The first-order valence-corrected chi connectivity index (χ1v) is 7.45. The van der Waals surface area contributed by atoms with Crippen LogP contribution >= 0.6 is 0 Å². The number of para-hydroxylation sites is 2. The molecule has 1 aromatic rings. The van der Waals surface area contributed by atoms with E-state index in [1.54, 1.807) is 14.0 Å². The van der Waals surface area contributed by atoms with Crippen molar-refractivity contribution in [3.8, 4) is 5.75 Å². The SMILES string of the molecule is CCOC(C)C(=O)NC1CCN(c2ccccc2OC)C1. The minimum atomic E-state index is -0.393. The number of rotatable bonds is 6. The number of carbonyl (C=O) groups excluding carboxylic acids is 1. The van der Waals surface area contributed by atoms with Gasteiger partial charge in [-0.1, -0.05) is 12.1 Å². The van der Waals surface area contributed by atoms with Crippen LogP contribution in [0.4, 0.5) is 5.69 Å². The highest BCUT2D eigenvalue weighted by Crippen LogP contribution is 2.30. The summed E-state index contributed by atoms with van der Waals surface area (Å²) in [7, 11) is 1.68. The van der Waals surface area contributed by atoms with E-state index in [0.717, 1.165) is 30.9 Å². The van der Waals surface area contributed by atoms with Crippen molar-refractivity contribution in [2.45, 2.75) is 32.4 Å². The number of methoxy groups -OCH3 is 1. The summed E-state index contributed by atoms with van der Waals surface area (Å²) in [6.45, 7) is 5.93. The lowest BCUT2D eigenvalue weighted by molar-refractivity contribution is -0.132. The zero-order chi connectivity index (χ0) is 15.2. The molecule has 0 saturated carbocycles. The van der Waals surface area contributed by atoms with Gasteiger partial charge in [-0.2, -0.15) is 0 Å². The molecule has 0 spiro atoms. The number of carbonyl (C=O) groups is 1. The molecule has 1 saturated heterocycles. The van der Waals surface area contributed by atoms with Crippen molar-refractivity contribution in [1.29, 1.82) is 0 Å². The second kappa shape index (κ2) is 7.31. The first kappa shape index (κ1) is 15.6. The number of benzene rings is 1. The van der Waals surface area contributed by atoms with Gasteiger partial charge in [0.05, 0.1) is 12.8 Å². The monoisotopic (exact) mass is 292 g/mol. The topological polar surface area (TPSA) is 50.8 Å². The van der Waals surface area contributed by atoms with Crippen molar-refractivity contribution in [3.63, 3.8) is 0 Å². The molecule has 116 valence electrons. The van der Waals surface area contributed by atoms with Crippen LogP contribution < -0.4 is 15.0 Å². The van der Waals surface area contributed by atoms with Crippen LogP contribution in [-0.4, -0.2) is 44.9 Å². The van der Waals surface area contributed by atoms with Gasteiger partial charge in [0.15, 0.2) is 0 Å². The molecule has 1 aliphatic heterocycles. The fraction of sp³-hybridized carbons (Fsp3) is 0.562. The molecule has 2 rings (SSSR count). The van der Waals surface area contributed by atoms with Gasteiger partial charge in [0.1, 0.15) is 11.9 Å². The number of hydrogen-bond acceptors (Lipinski definition) is 4. The Morgan fingerprint density at radius 1 is 1.48 bits per heavy atom. The van der Waals surface area contributed by atoms with Crippen LogP contribution in [0, 0.1) is 0 Å². The molecule has 5 nitrogen and oxygen atoms in total. The molecular weight excluding hydrogens is 268 g/mol. The molecule has 2 unspecified atom stereocenters. The Bertz CT molecular complexity index is 478. The van der Waals surface area contributed by atoms with Gasteiger partial charge in [0, 0.05) is 25.7 Å². The summed E-state index contributed by atoms with van der Waals surface area (Å²) in [5, 5.41) is 3.05. The molecule has 2 atom stereocenters. The van der Waals surface area contributed by atoms with Crippen LogP contribution in [0.25, 0.3) is 0 Å². The third-order valence-corrected chi connectivity index (χ3v) is 3.75. The second-order valence-corrected chi connectivity index (χ2v) is 5.21. The molecule has 5 heteroatoms. The van der Waals surface area contributed by atoms with Gasteiger partial charge in [-0.3, -0.25) is 4.79 Å². The molecule has 1 heterocycles. The molecule has 21 heavy (non-hydrogen) atoms. The van der Waals surface area contributed by atoms with E-state index in [4.69, 9.17) is 9.47 Å². The average Bonchev–Trinajstić information content (AvgIpc) is 2.95. The Balaban J connectivity index is 1.93. The van der Waals surface area contributed by atoms with Crippen LogP contribution in [0.3, 0.4) is 0 Å². The van der Waals surface area contributed by atoms with Crippen molar-refractivity contribution in [2.24, 2.45) is 0 Å². The Hall–Kier alpha value is -1.75. The Labute approximate surface area is 126 Å². The van der Waals surface area contributed by atoms with Gasteiger partial charge in [-0.05, 0) is 32.4 Å². The minimum Gasteiger partial charge on any atom is -0.495 e. The fourth-order valence-electron chi connectivity index (χ4n) is 2.63. The van der Waals surface area contributed by atoms with Crippen molar-refractivity contribution in [3.05, 3.63) is 24.3 Å². The van der Waals surface area contributed by atoms with E-state index in [1.165, 1.54) is 0 Å². The Morgan fingerprint density at radius 3 is 2.95 bits per heavy atom. The highest BCUT2D eigenvalue weighted by molar-refractivity contribution is 5.80. The molecule has 0 aromatic heterocycles. The lowest BCUT2D eigenvalue weighted by atomic mass is 10.2. The quantitative estimate of drug-likeness (QED) is 0.869. The Kier molecular flexibility index (Phi) is 5.44.